The van der Waals surface area contributed by atoms with Crippen molar-refractivity contribution < 1.29 is 4.79 Å². The van der Waals surface area contributed by atoms with E-state index in [1.54, 1.807) is 10.7 Å². The van der Waals surface area contributed by atoms with Crippen molar-refractivity contribution in [1.29, 1.82) is 0 Å². The summed E-state index contributed by atoms with van der Waals surface area (Å²) < 4.78 is 3.53. The maximum absolute atomic E-state index is 12.5. The third kappa shape index (κ3) is 2.41. The summed E-state index contributed by atoms with van der Waals surface area (Å²) in [6.45, 7) is 0.797. The van der Waals surface area contributed by atoms with E-state index in [1.165, 1.54) is 0 Å². The molecule has 0 saturated carbocycles. The Morgan fingerprint density at radius 2 is 2.22 bits per heavy atom. The lowest BCUT2D eigenvalue weighted by Crippen LogP contribution is -2.06. The highest BCUT2D eigenvalue weighted by atomic mass is 16.1. The van der Waals surface area contributed by atoms with Crippen LogP contribution in [-0.4, -0.2) is 37.2 Å². The summed E-state index contributed by atoms with van der Waals surface area (Å²) in [6.07, 6.45) is 5.74. The van der Waals surface area contributed by atoms with Gasteiger partial charge in [0.05, 0.1) is 11.8 Å². The fourth-order valence-corrected chi connectivity index (χ4v) is 2.78. The highest BCUT2D eigenvalue weighted by molar-refractivity contribution is 6.01. The molecule has 8 heteroatoms. The van der Waals surface area contributed by atoms with Crippen LogP contribution in [0.2, 0.25) is 0 Å². The van der Waals surface area contributed by atoms with E-state index in [1.807, 2.05) is 30.1 Å². The topological polar surface area (TPSA) is 89.1 Å². The normalized spacial score (nSPS) is 14.9. The molecule has 118 valence electrons. The number of hydrogen-bond acceptors (Lipinski definition) is 6. The third-order valence-corrected chi connectivity index (χ3v) is 3.97. The van der Waals surface area contributed by atoms with Crippen LogP contribution in [-0.2, 0) is 6.54 Å². The molecule has 1 aliphatic heterocycles. The highest BCUT2D eigenvalue weighted by Crippen LogP contribution is 2.22. The maximum atomic E-state index is 12.5. The van der Waals surface area contributed by atoms with Gasteiger partial charge in [-0.05, 0) is 12.8 Å². The Kier molecular flexibility index (Phi) is 3.22. The first-order chi connectivity index (χ1) is 11.2. The van der Waals surface area contributed by atoms with Gasteiger partial charge in [0, 0.05) is 38.3 Å². The monoisotopic (exact) mass is 311 g/mol. The Morgan fingerprint density at radius 3 is 3.09 bits per heavy atom. The fraction of sp³-hybridized carbons (Fsp3) is 0.333. The summed E-state index contributed by atoms with van der Waals surface area (Å²) in [4.78, 5) is 17.0. The van der Waals surface area contributed by atoms with E-state index < -0.39 is 0 Å². The molecule has 0 saturated heterocycles. The lowest BCUT2D eigenvalue weighted by atomic mass is 10.1. The van der Waals surface area contributed by atoms with Gasteiger partial charge in [-0.2, -0.15) is 14.7 Å². The second-order valence-electron chi connectivity index (χ2n) is 5.54. The Balaban J connectivity index is 1.88. The van der Waals surface area contributed by atoms with E-state index in [9.17, 15) is 4.79 Å². The van der Waals surface area contributed by atoms with Gasteiger partial charge < -0.3 is 10.6 Å². The van der Waals surface area contributed by atoms with Crippen LogP contribution in [0.25, 0.3) is 5.65 Å². The highest BCUT2D eigenvalue weighted by Gasteiger charge is 2.17. The number of carbonyl (C=O) groups is 1. The van der Waals surface area contributed by atoms with Gasteiger partial charge in [0.25, 0.3) is 0 Å². The molecule has 2 N–H and O–H groups in total. The number of anilines is 3. The molecule has 4 bridgehead atoms. The summed E-state index contributed by atoms with van der Waals surface area (Å²) in [7, 11) is 1.81. The predicted octanol–water partition coefficient (Wildman–Crippen LogP) is 2.08. The zero-order valence-electron chi connectivity index (χ0n) is 12.8. The van der Waals surface area contributed by atoms with Gasteiger partial charge in [-0.1, -0.05) is 0 Å². The Morgan fingerprint density at radius 1 is 1.30 bits per heavy atom. The quantitative estimate of drug-likeness (QED) is 0.715. The smallest absolute Gasteiger partial charge is 0.170 e. The molecule has 3 aromatic heterocycles. The van der Waals surface area contributed by atoms with Gasteiger partial charge in [0.2, 0.25) is 0 Å². The number of aryl methyl sites for hydroxylation is 1. The van der Waals surface area contributed by atoms with Gasteiger partial charge in [0.15, 0.2) is 17.2 Å². The number of carbonyl (C=O) groups excluding carboxylic acids is 1. The van der Waals surface area contributed by atoms with Crippen molar-refractivity contribution in [2.24, 2.45) is 0 Å². The number of Topliss-reactive ketones (excluding diaryl/α,β-unsaturated/α-hetero) is 1. The SMILES string of the molecule is CNc1cc2nc3c(cnn13)C(=O)CCCCn1ccc(n1)N2. The molecule has 0 fully saturated rings. The number of rotatable bonds is 1. The van der Waals surface area contributed by atoms with Crippen molar-refractivity contribution >= 4 is 28.9 Å². The third-order valence-electron chi connectivity index (χ3n) is 3.97. The molecule has 4 rings (SSSR count). The molecule has 8 nitrogen and oxygen atoms in total. The first kappa shape index (κ1) is 13.7. The average molecular weight is 311 g/mol. The van der Waals surface area contributed by atoms with Gasteiger partial charge in [-0.25, -0.2) is 4.98 Å². The minimum atomic E-state index is 0.0752. The van der Waals surface area contributed by atoms with Crippen molar-refractivity contribution in [3.05, 3.63) is 30.1 Å². The van der Waals surface area contributed by atoms with Crippen LogP contribution in [0.5, 0.6) is 0 Å². The van der Waals surface area contributed by atoms with Crippen molar-refractivity contribution in [3.63, 3.8) is 0 Å². The standard InChI is InChI=1S/C15H17N7O/c1-16-14-8-13-18-12-5-7-21(20-12)6-3-2-4-11(23)10-9-17-22(14)15(10)19-13/h5,7-9,16H,2-4,6H2,1H3,(H,18,19,20). The minimum absolute atomic E-state index is 0.0752. The van der Waals surface area contributed by atoms with E-state index in [2.05, 4.69) is 25.8 Å². The van der Waals surface area contributed by atoms with Crippen molar-refractivity contribution in [3.8, 4) is 0 Å². The van der Waals surface area contributed by atoms with E-state index in [0.29, 0.717) is 23.4 Å². The zero-order chi connectivity index (χ0) is 15.8. The summed E-state index contributed by atoms with van der Waals surface area (Å²) >= 11 is 0. The Labute approximate surface area is 132 Å². The van der Waals surface area contributed by atoms with Crippen LogP contribution in [0.1, 0.15) is 29.6 Å². The molecule has 0 spiro atoms. The van der Waals surface area contributed by atoms with Crippen LogP contribution in [0, 0.1) is 0 Å². The molecule has 0 amide bonds. The molecular formula is C15H17N7O. The first-order valence-electron chi connectivity index (χ1n) is 7.65. The second-order valence-corrected chi connectivity index (χ2v) is 5.54. The number of nitrogens with zero attached hydrogens (tertiary/aromatic N) is 5. The summed E-state index contributed by atoms with van der Waals surface area (Å²) in [5, 5.41) is 15.0. The van der Waals surface area contributed by atoms with Gasteiger partial charge in [-0.15, -0.1) is 0 Å². The molecule has 0 unspecified atom stereocenters. The van der Waals surface area contributed by atoms with E-state index in [4.69, 9.17) is 0 Å². The summed E-state index contributed by atoms with van der Waals surface area (Å²) in [6, 6.07) is 3.76. The molecular weight excluding hydrogens is 294 g/mol. The van der Waals surface area contributed by atoms with Crippen LogP contribution >= 0.6 is 0 Å². The van der Waals surface area contributed by atoms with Gasteiger partial charge in [0.1, 0.15) is 11.6 Å². The number of hydrogen-bond donors (Lipinski definition) is 2. The summed E-state index contributed by atoms with van der Waals surface area (Å²) in [5.41, 5.74) is 1.12. The molecule has 0 atom stereocenters. The number of ketones is 1. The van der Waals surface area contributed by atoms with Crippen LogP contribution in [0.4, 0.5) is 17.5 Å². The largest absolute Gasteiger partial charge is 0.373 e. The molecule has 0 aromatic carbocycles. The number of fused-ring (bicyclic) bond motifs is 3. The number of nitrogens with one attached hydrogen (secondary N) is 2. The van der Waals surface area contributed by atoms with Crippen LogP contribution in [0.15, 0.2) is 24.5 Å². The lowest BCUT2D eigenvalue weighted by Gasteiger charge is -2.08. The maximum Gasteiger partial charge on any atom is 0.170 e. The molecule has 3 aromatic rings. The fourth-order valence-electron chi connectivity index (χ4n) is 2.78. The van der Waals surface area contributed by atoms with E-state index in [-0.39, 0.29) is 5.78 Å². The van der Waals surface area contributed by atoms with Crippen LogP contribution < -0.4 is 10.6 Å². The molecule has 4 heterocycles. The Bertz CT molecular complexity index is 879. The van der Waals surface area contributed by atoms with E-state index >= 15 is 0 Å². The number of aromatic nitrogens is 5. The van der Waals surface area contributed by atoms with Crippen molar-refractivity contribution in [2.45, 2.75) is 25.8 Å². The van der Waals surface area contributed by atoms with Crippen molar-refractivity contribution in [1.82, 2.24) is 24.4 Å². The lowest BCUT2D eigenvalue weighted by molar-refractivity contribution is 0.0980. The zero-order valence-corrected chi connectivity index (χ0v) is 12.8. The average Bonchev–Trinajstić information content (AvgIpc) is 3.17. The minimum Gasteiger partial charge on any atom is -0.373 e. The first-order valence-corrected chi connectivity index (χ1v) is 7.65. The molecule has 23 heavy (non-hydrogen) atoms. The molecule has 1 aliphatic rings. The van der Waals surface area contributed by atoms with Crippen molar-refractivity contribution in [2.75, 3.05) is 17.7 Å². The van der Waals surface area contributed by atoms with Crippen LogP contribution in [0.3, 0.4) is 0 Å². The predicted molar refractivity (Wildman–Crippen MR) is 86.2 cm³/mol. The van der Waals surface area contributed by atoms with E-state index in [0.717, 1.165) is 31.0 Å². The van der Waals surface area contributed by atoms with Gasteiger partial charge >= 0.3 is 0 Å². The summed E-state index contributed by atoms with van der Waals surface area (Å²) in [5.74, 6) is 2.19. The molecule has 0 aliphatic carbocycles. The molecule has 0 radical (unpaired) electrons. The second kappa shape index (κ2) is 5.38. The Hall–Kier alpha value is -2.90. The van der Waals surface area contributed by atoms with Gasteiger partial charge in [-0.3, -0.25) is 9.48 Å².